The number of ketones is 1. The smallest absolute Gasteiger partial charge is 0.341 e. The monoisotopic (exact) mass is 468 g/mol. The molecule has 2 aromatic heterocycles. The number of thiophene rings is 1. The Bertz CT molecular complexity index is 1210. The molecule has 170 valence electrons. The van der Waals surface area contributed by atoms with Crippen LogP contribution in [-0.2, 0) is 17.6 Å². The highest BCUT2D eigenvalue weighted by Crippen LogP contribution is 2.38. The zero-order valence-corrected chi connectivity index (χ0v) is 18.7. The molecule has 1 aromatic carbocycles. The molecule has 0 saturated heterocycles. The quantitative estimate of drug-likeness (QED) is 0.406. The number of pyridine rings is 1. The van der Waals surface area contributed by atoms with Crippen LogP contribution in [0.2, 0.25) is 0 Å². The van der Waals surface area contributed by atoms with Crippen LogP contribution in [0.15, 0.2) is 42.7 Å². The number of halogens is 1. The molecule has 1 aliphatic rings. The second-order valence-electron chi connectivity index (χ2n) is 7.46. The molecule has 1 aliphatic carbocycles. The molecular weight excluding hydrogens is 447 g/mol. The van der Waals surface area contributed by atoms with Crippen molar-refractivity contribution in [3.63, 3.8) is 0 Å². The first kappa shape index (κ1) is 22.6. The predicted octanol–water partition coefficient (Wildman–Crippen LogP) is 4.46. The number of hydrogen-bond donors (Lipinski definition) is 1. The lowest BCUT2D eigenvalue weighted by atomic mass is 9.95. The predicted molar refractivity (Wildman–Crippen MR) is 121 cm³/mol. The second kappa shape index (κ2) is 9.91. The van der Waals surface area contributed by atoms with Crippen LogP contribution in [-0.4, -0.2) is 36.4 Å². The third kappa shape index (κ3) is 4.93. The van der Waals surface area contributed by atoms with Crippen LogP contribution in [0.1, 0.15) is 54.4 Å². The van der Waals surface area contributed by atoms with E-state index in [1.54, 1.807) is 18.3 Å². The van der Waals surface area contributed by atoms with Gasteiger partial charge in [0.05, 0.1) is 18.2 Å². The number of aryl methyl sites for hydroxylation is 1. The van der Waals surface area contributed by atoms with Gasteiger partial charge in [-0.25, -0.2) is 9.18 Å². The average Bonchev–Trinajstić information content (AvgIpc) is 3.20. The number of carbonyl (C=O) groups is 3. The van der Waals surface area contributed by atoms with E-state index in [2.05, 4.69) is 10.3 Å². The summed E-state index contributed by atoms with van der Waals surface area (Å²) in [6, 6.07) is 7.06. The molecule has 3 aromatic rings. The van der Waals surface area contributed by atoms with E-state index in [1.807, 2.05) is 0 Å². The second-order valence-corrected chi connectivity index (χ2v) is 8.56. The maximum Gasteiger partial charge on any atom is 0.341 e. The van der Waals surface area contributed by atoms with Gasteiger partial charge in [0.1, 0.15) is 5.00 Å². The van der Waals surface area contributed by atoms with E-state index in [1.165, 1.54) is 36.8 Å². The zero-order chi connectivity index (χ0) is 23.4. The Hall–Kier alpha value is -3.59. The van der Waals surface area contributed by atoms with Gasteiger partial charge in [0.25, 0.3) is 5.91 Å². The Morgan fingerprint density at radius 1 is 1.15 bits per heavy atom. The molecule has 33 heavy (non-hydrogen) atoms. The lowest BCUT2D eigenvalue weighted by Crippen LogP contribution is -2.18. The van der Waals surface area contributed by atoms with E-state index in [4.69, 9.17) is 9.47 Å². The molecule has 9 heteroatoms. The molecule has 0 spiro atoms. The molecule has 0 bridgehead atoms. The molecule has 4 rings (SSSR count). The van der Waals surface area contributed by atoms with Crippen molar-refractivity contribution in [2.75, 3.05) is 19.0 Å². The molecule has 0 radical (unpaired) electrons. The number of methoxy groups -OCH3 is 1. The number of anilines is 1. The summed E-state index contributed by atoms with van der Waals surface area (Å²) in [6.45, 7) is -0.550. The molecule has 0 aliphatic heterocycles. The number of rotatable bonds is 7. The molecule has 2 heterocycles. The summed E-state index contributed by atoms with van der Waals surface area (Å²) in [7, 11) is 1.33. The van der Waals surface area contributed by atoms with Gasteiger partial charge in [0.2, 0.25) is 0 Å². The normalized spacial score (nSPS) is 12.5. The van der Waals surface area contributed by atoms with E-state index in [0.29, 0.717) is 17.0 Å². The van der Waals surface area contributed by atoms with E-state index in [-0.39, 0.29) is 22.8 Å². The lowest BCUT2D eigenvalue weighted by Gasteiger charge is -2.13. The van der Waals surface area contributed by atoms with Gasteiger partial charge in [-0.05, 0) is 61.6 Å². The molecule has 0 saturated carbocycles. The Morgan fingerprint density at radius 3 is 2.70 bits per heavy atom. The van der Waals surface area contributed by atoms with Crippen molar-refractivity contribution in [3.05, 3.63) is 75.7 Å². The summed E-state index contributed by atoms with van der Waals surface area (Å²) in [5, 5.41) is 3.19. The SMILES string of the molecule is COc1ccc(C(=O)COC(=O)c2c(NC(=O)c3cccnc3)sc3c2CCCC3)cc1F. The van der Waals surface area contributed by atoms with Crippen LogP contribution in [0.4, 0.5) is 9.39 Å². The number of ether oxygens (including phenoxy) is 2. The average molecular weight is 469 g/mol. The van der Waals surface area contributed by atoms with Crippen molar-refractivity contribution in [3.8, 4) is 5.75 Å². The number of nitrogens with zero attached hydrogens (tertiary/aromatic N) is 1. The number of benzene rings is 1. The largest absolute Gasteiger partial charge is 0.494 e. The van der Waals surface area contributed by atoms with Gasteiger partial charge in [-0.15, -0.1) is 11.3 Å². The van der Waals surface area contributed by atoms with Crippen molar-refractivity contribution in [1.82, 2.24) is 4.98 Å². The first-order valence-corrected chi connectivity index (χ1v) is 11.2. The molecule has 7 nitrogen and oxygen atoms in total. The summed E-state index contributed by atoms with van der Waals surface area (Å²) in [6.07, 6.45) is 6.43. The fraction of sp³-hybridized carbons (Fsp3) is 0.250. The molecule has 0 unspecified atom stereocenters. The van der Waals surface area contributed by atoms with Gasteiger partial charge in [0.15, 0.2) is 24.0 Å². The van der Waals surface area contributed by atoms with Crippen molar-refractivity contribution in [2.45, 2.75) is 25.7 Å². The highest BCUT2D eigenvalue weighted by atomic mass is 32.1. The maximum atomic E-state index is 13.9. The van der Waals surface area contributed by atoms with E-state index in [9.17, 15) is 18.8 Å². The number of esters is 1. The van der Waals surface area contributed by atoms with E-state index >= 15 is 0 Å². The van der Waals surface area contributed by atoms with Gasteiger partial charge in [-0.1, -0.05) is 0 Å². The third-order valence-corrected chi connectivity index (χ3v) is 6.54. The number of carbonyl (C=O) groups excluding carboxylic acids is 3. The Morgan fingerprint density at radius 2 is 1.97 bits per heavy atom. The minimum atomic E-state index is -0.696. The van der Waals surface area contributed by atoms with Gasteiger partial charge in [-0.3, -0.25) is 14.6 Å². The van der Waals surface area contributed by atoms with Gasteiger partial charge < -0.3 is 14.8 Å². The van der Waals surface area contributed by atoms with Gasteiger partial charge in [0, 0.05) is 22.8 Å². The minimum absolute atomic E-state index is 0.0162. The summed E-state index contributed by atoms with van der Waals surface area (Å²) in [5.74, 6) is -2.29. The highest BCUT2D eigenvalue weighted by Gasteiger charge is 2.28. The van der Waals surface area contributed by atoms with E-state index < -0.39 is 24.2 Å². The Balaban J connectivity index is 1.53. The molecule has 1 amide bonds. The summed E-state index contributed by atoms with van der Waals surface area (Å²) >= 11 is 1.35. The summed E-state index contributed by atoms with van der Waals surface area (Å²) in [5.41, 5.74) is 1.56. The maximum absolute atomic E-state index is 13.9. The molecular formula is C24H21FN2O5S. The van der Waals surface area contributed by atoms with Gasteiger partial charge in [-0.2, -0.15) is 0 Å². The summed E-state index contributed by atoms with van der Waals surface area (Å²) in [4.78, 5) is 43.1. The van der Waals surface area contributed by atoms with Gasteiger partial charge >= 0.3 is 5.97 Å². The fourth-order valence-electron chi connectivity index (χ4n) is 3.67. The van der Waals surface area contributed by atoms with Crippen LogP contribution in [0.25, 0.3) is 0 Å². The van der Waals surface area contributed by atoms with Crippen LogP contribution in [0, 0.1) is 5.82 Å². The minimum Gasteiger partial charge on any atom is -0.494 e. The third-order valence-electron chi connectivity index (χ3n) is 5.33. The number of nitrogens with one attached hydrogen (secondary N) is 1. The first-order valence-electron chi connectivity index (χ1n) is 10.4. The fourth-order valence-corrected chi connectivity index (χ4v) is 4.94. The Kier molecular flexibility index (Phi) is 6.79. The number of aromatic nitrogens is 1. The van der Waals surface area contributed by atoms with Crippen molar-refractivity contribution < 1.29 is 28.2 Å². The van der Waals surface area contributed by atoms with Crippen LogP contribution in [0.5, 0.6) is 5.75 Å². The molecule has 1 N–H and O–H groups in total. The van der Waals surface area contributed by atoms with Crippen molar-refractivity contribution in [2.24, 2.45) is 0 Å². The number of amides is 1. The van der Waals surface area contributed by atoms with Crippen LogP contribution < -0.4 is 10.1 Å². The first-order chi connectivity index (χ1) is 16.0. The highest BCUT2D eigenvalue weighted by molar-refractivity contribution is 7.17. The number of fused-ring (bicyclic) bond motifs is 1. The van der Waals surface area contributed by atoms with Crippen molar-refractivity contribution in [1.29, 1.82) is 0 Å². The summed E-state index contributed by atoms with van der Waals surface area (Å²) < 4.78 is 24.0. The van der Waals surface area contributed by atoms with Crippen LogP contribution >= 0.6 is 11.3 Å². The lowest BCUT2D eigenvalue weighted by molar-refractivity contribution is 0.0475. The van der Waals surface area contributed by atoms with Crippen molar-refractivity contribution >= 4 is 34.0 Å². The van der Waals surface area contributed by atoms with E-state index in [0.717, 1.165) is 35.8 Å². The molecule has 0 fully saturated rings. The Labute approximate surface area is 193 Å². The number of hydrogen-bond acceptors (Lipinski definition) is 7. The van der Waals surface area contributed by atoms with Crippen LogP contribution in [0.3, 0.4) is 0 Å². The number of Topliss-reactive ketones (excluding diaryl/α,β-unsaturated/α-hetero) is 1. The topological polar surface area (TPSA) is 94.6 Å². The molecule has 0 atom stereocenters. The standard InChI is InChI=1S/C24H21FN2O5S/c1-31-19-9-8-14(11-17(19)25)18(28)13-32-24(30)21-16-6-2-3-7-20(16)33-23(21)27-22(29)15-5-4-10-26-12-15/h4-5,8-12H,2-3,6-7,13H2,1H3,(H,27,29). The zero-order valence-electron chi connectivity index (χ0n) is 17.9.